The van der Waals surface area contributed by atoms with Crippen LogP contribution in [-0.2, 0) is 0 Å². The molecular formula is C24H22N2O6. The van der Waals surface area contributed by atoms with E-state index in [1.165, 1.54) is 18.3 Å². The predicted octanol–water partition coefficient (Wildman–Crippen LogP) is 3.87. The fourth-order valence-electron chi connectivity index (χ4n) is 2.63. The van der Waals surface area contributed by atoms with Crippen LogP contribution in [-0.4, -0.2) is 34.9 Å². The van der Waals surface area contributed by atoms with Crippen molar-refractivity contribution in [3.63, 3.8) is 0 Å². The van der Waals surface area contributed by atoms with E-state index in [0.717, 1.165) is 12.5 Å². The van der Waals surface area contributed by atoms with Crippen LogP contribution in [0.1, 0.15) is 39.6 Å². The topological polar surface area (TPSA) is 117 Å². The lowest BCUT2D eigenvalue weighted by atomic mass is 10.2. The molecule has 0 aliphatic rings. The van der Waals surface area contributed by atoms with E-state index in [1.54, 1.807) is 48.5 Å². The van der Waals surface area contributed by atoms with Gasteiger partial charge >= 0.3 is 5.97 Å². The maximum Gasteiger partial charge on any atom is 0.343 e. The number of amides is 1. The van der Waals surface area contributed by atoms with Gasteiger partial charge < -0.3 is 19.7 Å². The maximum atomic E-state index is 12.3. The number of hydrazone groups is 1. The lowest BCUT2D eigenvalue weighted by Crippen LogP contribution is -2.17. The molecule has 0 aromatic heterocycles. The molecule has 0 bridgehead atoms. The number of nitrogens with zero attached hydrogens (tertiary/aromatic N) is 1. The van der Waals surface area contributed by atoms with E-state index < -0.39 is 11.9 Å². The SMILES string of the molecule is CCCOc1ccc(C(=O)Oc2ccc(/C=N/NC(=O)c3ccc(O)cc3O)cc2)cc1. The van der Waals surface area contributed by atoms with Crippen molar-refractivity contribution < 1.29 is 29.3 Å². The van der Waals surface area contributed by atoms with Crippen LogP contribution in [0.25, 0.3) is 0 Å². The Morgan fingerprint density at radius 3 is 2.31 bits per heavy atom. The number of phenols is 2. The number of nitrogens with one attached hydrogen (secondary N) is 1. The van der Waals surface area contributed by atoms with Crippen molar-refractivity contribution in [2.24, 2.45) is 5.10 Å². The zero-order valence-electron chi connectivity index (χ0n) is 17.3. The van der Waals surface area contributed by atoms with Gasteiger partial charge in [0.1, 0.15) is 23.0 Å². The van der Waals surface area contributed by atoms with Gasteiger partial charge in [0, 0.05) is 6.07 Å². The minimum absolute atomic E-state index is 0.0211. The number of rotatable bonds is 8. The Morgan fingerprint density at radius 2 is 1.66 bits per heavy atom. The molecule has 0 saturated heterocycles. The summed E-state index contributed by atoms with van der Waals surface area (Å²) in [6.07, 6.45) is 2.30. The molecule has 0 aliphatic heterocycles. The van der Waals surface area contributed by atoms with E-state index in [1.807, 2.05) is 6.92 Å². The van der Waals surface area contributed by atoms with Crippen LogP contribution in [0.3, 0.4) is 0 Å². The highest BCUT2D eigenvalue weighted by atomic mass is 16.5. The first kappa shape index (κ1) is 22.4. The third kappa shape index (κ3) is 6.09. The Bertz CT molecular complexity index is 1110. The summed E-state index contributed by atoms with van der Waals surface area (Å²) >= 11 is 0. The molecule has 3 aromatic rings. The van der Waals surface area contributed by atoms with Gasteiger partial charge in [-0.3, -0.25) is 4.79 Å². The molecule has 1 amide bonds. The largest absolute Gasteiger partial charge is 0.508 e. The van der Waals surface area contributed by atoms with Crippen molar-refractivity contribution in [3.8, 4) is 23.0 Å². The highest BCUT2D eigenvalue weighted by Gasteiger charge is 2.11. The molecular weight excluding hydrogens is 412 g/mol. The molecule has 0 spiro atoms. The van der Waals surface area contributed by atoms with Gasteiger partial charge in [-0.1, -0.05) is 6.92 Å². The third-order valence-electron chi connectivity index (χ3n) is 4.26. The Hall–Kier alpha value is -4.33. The van der Waals surface area contributed by atoms with E-state index in [4.69, 9.17) is 9.47 Å². The molecule has 8 nitrogen and oxygen atoms in total. The fourth-order valence-corrected chi connectivity index (χ4v) is 2.63. The van der Waals surface area contributed by atoms with Gasteiger partial charge in [-0.25, -0.2) is 10.2 Å². The number of hydrogen-bond donors (Lipinski definition) is 3. The van der Waals surface area contributed by atoms with Gasteiger partial charge in [0.25, 0.3) is 5.91 Å². The molecule has 3 rings (SSSR count). The highest BCUT2D eigenvalue weighted by molar-refractivity contribution is 5.97. The predicted molar refractivity (Wildman–Crippen MR) is 118 cm³/mol. The fraction of sp³-hybridized carbons (Fsp3) is 0.125. The van der Waals surface area contributed by atoms with Gasteiger partial charge in [0.2, 0.25) is 0 Å². The summed E-state index contributed by atoms with van der Waals surface area (Å²) in [4.78, 5) is 24.3. The normalized spacial score (nSPS) is 10.7. The van der Waals surface area contributed by atoms with Crippen LogP contribution < -0.4 is 14.9 Å². The second-order valence-electron chi connectivity index (χ2n) is 6.73. The molecule has 0 radical (unpaired) electrons. The van der Waals surface area contributed by atoms with E-state index in [9.17, 15) is 19.8 Å². The minimum atomic E-state index is -0.629. The molecule has 3 aromatic carbocycles. The Balaban J connectivity index is 1.54. The molecule has 0 fully saturated rings. The number of hydrogen-bond acceptors (Lipinski definition) is 7. The zero-order valence-corrected chi connectivity index (χ0v) is 17.3. The van der Waals surface area contributed by atoms with Crippen LogP contribution in [0.5, 0.6) is 23.0 Å². The van der Waals surface area contributed by atoms with Gasteiger partial charge in [0.15, 0.2) is 0 Å². The summed E-state index contributed by atoms with van der Waals surface area (Å²) in [5.41, 5.74) is 3.32. The Kier molecular flexibility index (Phi) is 7.42. The summed E-state index contributed by atoms with van der Waals surface area (Å²) < 4.78 is 10.8. The van der Waals surface area contributed by atoms with E-state index in [0.29, 0.717) is 29.2 Å². The summed E-state index contributed by atoms with van der Waals surface area (Å²) in [6, 6.07) is 16.9. The number of carbonyl (C=O) groups excluding carboxylic acids is 2. The van der Waals surface area contributed by atoms with Crippen LogP contribution in [0, 0.1) is 0 Å². The molecule has 8 heteroatoms. The van der Waals surface area contributed by atoms with Crippen molar-refractivity contribution in [1.29, 1.82) is 0 Å². The van der Waals surface area contributed by atoms with Gasteiger partial charge in [-0.15, -0.1) is 0 Å². The van der Waals surface area contributed by atoms with E-state index in [2.05, 4.69) is 10.5 Å². The van der Waals surface area contributed by atoms with Crippen molar-refractivity contribution in [3.05, 3.63) is 83.4 Å². The molecule has 0 atom stereocenters. The van der Waals surface area contributed by atoms with E-state index in [-0.39, 0.29) is 17.1 Å². The molecule has 0 unspecified atom stereocenters. The maximum absolute atomic E-state index is 12.3. The van der Waals surface area contributed by atoms with Crippen LogP contribution in [0.4, 0.5) is 0 Å². The summed E-state index contributed by atoms with van der Waals surface area (Å²) in [6.45, 7) is 2.63. The lowest BCUT2D eigenvalue weighted by molar-refractivity contribution is 0.0734. The van der Waals surface area contributed by atoms with Crippen LogP contribution in [0.2, 0.25) is 0 Å². The Labute approximate surface area is 184 Å². The molecule has 32 heavy (non-hydrogen) atoms. The smallest absolute Gasteiger partial charge is 0.343 e. The van der Waals surface area contributed by atoms with Crippen molar-refractivity contribution >= 4 is 18.1 Å². The van der Waals surface area contributed by atoms with E-state index >= 15 is 0 Å². The Morgan fingerprint density at radius 1 is 0.969 bits per heavy atom. The average Bonchev–Trinajstić information content (AvgIpc) is 2.79. The first-order chi connectivity index (χ1) is 15.5. The van der Waals surface area contributed by atoms with Gasteiger partial charge in [0.05, 0.1) is 23.9 Å². The van der Waals surface area contributed by atoms with Crippen molar-refractivity contribution in [2.45, 2.75) is 13.3 Å². The third-order valence-corrected chi connectivity index (χ3v) is 4.26. The van der Waals surface area contributed by atoms with Gasteiger partial charge in [-0.05, 0) is 72.6 Å². The number of phenolic OH excluding ortho intramolecular Hbond substituents is 2. The number of carbonyl (C=O) groups is 2. The second-order valence-corrected chi connectivity index (χ2v) is 6.73. The summed E-state index contributed by atoms with van der Waals surface area (Å²) in [7, 11) is 0. The molecule has 0 aliphatic carbocycles. The van der Waals surface area contributed by atoms with Crippen LogP contribution >= 0.6 is 0 Å². The number of ether oxygens (including phenoxy) is 2. The molecule has 3 N–H and O–H groups in total. The number of aromatic hydroxyl groups is 2. The van der Waals surface area contributed by atoms with Crippen LogP contribution in [0.15, 0.2) is 71.8 Å². The van der Waals surface area contributed by atoms with Crippen molar-refractivity contribution in [1.82, 2.24) is 5.43 Å². The first-order valence-corrected chi connectivity index (χ1v) is 9.86. The lowest BCUT2D eigenvalue weighted by Gasteiger charge is -2.07. The highest BCUT2D eigenvalue weighted by Crippen LogP contribution is 2.22. The molecule has 0 saturated carbocycles. The average molecular weight is 434 g/mol. The second kappa shape index (κ2) is 10.6. The number of benzene rings is 3. The molecule has 0 heterocycles. The monoisotopic (exact) mass is 434 g/mol. The summed E-state index contributed by atoms with van der Waals surface area (Å²) in [5.74, 6) is -0.575. The standard InChI is InChI=1S/C24H22N2O6/c1-2-13-31-19-10-5-17(6-11-19)24(30)32-20-8-3-16(4-9-20)15-25-26-23(29)21-12-7-18(27)14-22(21)28/h3-12,14-15,27-28H,2,13H2,1H3,(H,26,29)/b25-15+. The summed E-state index contributed by atoms with van der Waals surface area (Å²) in [5, 5.41) is 22.8. The van der Waals surface area contributed by atoms with Gasteiger partial charge in [-0.2, -0.15) is 5.10 Å². The number of esters is 1. The zero-order chi connectivity index (χ0) is 22.9. The first-order valence-electron chi connectivity index (χ1n) is 9.86. The quantitative estimate of drug-likeness (QED) is 0.214. The minimum Gasteiger partial charge on any atom is -0.508 e. The molecule has 164 valence electrons. The van der Waals surface area contributed by atoms with Crippen molar-refractivity contribution in [2.75, 3.05) is 6.61 Å².